The fourth-order valence-electron chi connectivity index (χ4n) is 1.72. The summed E-state index contributed by atoms with van der Waals surface area (Å²) in [5, 5.41) is 7.22. The van der Waals surface area contributed by atoms with Crippen LogP contribution in [-0.2, 0) is 0 Å². The molecule has 1 aromatic heterocycles. The van der Waals surface area contributed by atoms with E-state index in [9.17, 15) is 0 Å². The monoisotopic (exact) mass is 226 g/mol. The highest BCUT2D eigenvalue weighted by Gasteiger charge is 2.11. The van der Waals surface area contributed by atoms with Gasteiger partial charge in [-0.2, -0.15) is 0 Å². The third-order valence-corrected chi connectivity index (χ3v) is 2.73. The summed E-state index contributed by atoms with van der Waals surface area (Å²) in [5.41, 5.74) is 0. The summed E-state index contributed by atoms with van der Waals surface area (Å²) in [6, 6.07) is 0.540. The number of halogens is 1. The van der Waals surface area contributed by atoms with Crippen LogP contribution in [-0.4, -0.2) is 29.1 Å². The highest BCUT2D eigenvalue weighted by atomic mass is 35.5. The molecular formula is C10H15ClN4. The number of hydrogen-bond donors (Lipinski definition) is 2. The van der Waals surface area contributed by atoms with Crippen molar-refractivity contribution in [3.05, 3.63) is 17.4 Å². The second-order valence-electron chi connectivity index (χ2n) is 3.75. The summed E-state index contributed by atoms with van der Waals surface area (Å²) >= 11 is 5.70. The van der Waals surface area contributed by atoms with Crippen molar-refractivity contribution in [3.63, 3.8) is 0 Å². The highest BCUT2D eigenvalue weighted by molar-refractivity contribution is 6.30. The smallest absolute Gasteiger partial charge is 0.222 e. The Morgan fingerprint density at radius 2 is 2.20 bits per heavy atom. The van der Waals surface area contributed by atoms with Crippen molar-refractivity contribution in [3.8, 4) is 0 Å². The lowest BCUT2D eigenvalue weighted by atomic mass is 10.1. The summed E-state index contributed by atoms with van der Waals surface area (Å²) in [6.07, 6.45) is 7.02. The van der Waals surface area contributed by atoms with E-state index in [1.807, 2.05) is 0 Å². The molecule has 15 heavy (non-hydrogen) atoms. The quantitative estimate of drug-likeness (QED) is 0.824. The van der Waals surface area contributed by atoms with Gasteiger partial charge in [-0.25, -0.2) is 9.97 Å². The number of hydrogen-bond acceptors (Lipinski definition) is 4. The maximum absolute atomic E-state index is 5.70. The van der Waals surface area contributed by atoms with Gasteiger partial charge < -0.3 is 10.6 Å². The minimum absolute atomic E-state index is 0.540. The Labute approximate surface area is 94.5 Å². The van der Waals surface area contributed by atoms with E-state index in [0.29, 0.717) is 17.0 Å². The molecule has 0 spiro atoms. The average Bonchev–Trinajstić information content (AvgIpc) is 2.30. The van der Waals surface area contributed by atoms with Gasteiger partial charge in [-0.3, -0.25) is 0 Å². The summed E-state index contributed by atoms with van der Waals surface area (Å²) in [6.45, 7) is 2.00. The third-order valence-electron chi connectivity index (χ3n) is 2.54. The third kappa shape index (κ3) is 3.32. The number of aromatic nitrogens is 2. The zero-order chi connectivity index (χ0) is 10.5. The molecule has 1 aromatic rings. The van der Waals surface area contributed by atoms with Crippen molar-refractivity contribution >= 4 is 17.5 Å². The van der Waals surface area contributed by atoms with Gasteiger partial charge in [0.05, 0.1) is 17.4 Å². The van der Waals surface area contributed by atoms with E-state index in [4.69, 9.17) is 11.6 Å². The Morgan fingerprint density at radius 3 is 2.87 bits per heavy atom. The lowest BCUT2D eigenvalue weighted by Gasteiger charge is -2.23. The van der Waals surface area contributed by atoms with E-state index in [0.717, 1.165) is 13.1 Å². The largest absolute Gasteiger partial charge is 0.353 e. The van der Waals surface area contributed by atoms with Crippen molar-refractivity contribution in [2.75, 3.05) is 18.4 Å². The Morgan fingerprint density at radius 1 is 1.40 bits per heavy atom. The van der Waals surface area contributed by atoms with Crippen LogP contribution in [0.4, 0.5) is 5.95 Å². The number of nitrogens with one attached hydrogen (secondary N) is 2. The van der Waals surface area contributed by atoms with Gasteiger partial charge >= 0.3 is 0 Å². The van der Waals surface area contributed by atoms with Gasteiger partial charge in [0.2, 0.25) is 5.95 Å². The molecule has 2 rings (SSSR count). The van der Waals surface area contributed by atoms with Crippen molar-refractivity contribution in [1.29, 1.82) is 0 Å². The van der Waals surface area contributed by atoms with Gasteiger partial charge in [0, 0.05) is 12.6 Å². The zero-order valence-corrected chi connectivity index (χ0v) is 9.30. The summed E-state index contributed by atoms with van der Waals surface area (Å²) in [4.78, 5) is 8.16. The van der Waals surface area contributed by atoms with E-state index >= 15 is 0 Å². The van der Waals surface area contributed by atoms with Gasteiger partial charge in [-0.05, 0) is 19.4 Å². The van der Waals surface area contributed by atoms with Gasteiger partial charge in [0.1, 0.15) is 0 Å². The molecule has 1 aliphatic rings. The number of anilines is 1. The van der Waals surface area contributed by atoms with Gasteiger partial charge in [0.15, 0.2) is 0 Å². The first-order valence-electron chi connectivity index (χ1n) is 5.29. The lowest BCUT2D eigenvalue weighted by molar-refractivity contribution is 0.413. The van der Waals surface area contributed by atoms with E-state index in [-0.39, 0.29) is 0 Å². The van der Waals surface area contributed by atoms with E-state index in [1.165, 1.54) is 19.3 Å². The summed E-state index contributed by atoms with van der Waals surface area (Å²) < 4.78 is 0. The predicted molar refractivity (Wildman–Crippen MR) is 61.2 cm³/mol. The highest BCUT2D eigenvalue weighted by Crippen LogP contribution is 2.09. The van der Waals surface area contributed by atoms with Crippen molar-refractivity contribution < 1.29 is 0 Å². The fraction of sp³-hybridized carbons (Fsp3) is 0.600. The van der Waals surface area contributed by atoms with E-state index in [1.54, 1.807) is 12.4 Å². The summed E-state index contributed by atoms with van der Waals surface area (Å²) in [7, 11) is 0. The molecule has 0 aliphatic carbocycles. The molecule has 0 bridgehead atoms. The number of nitrogens with zero attached hydrogens (tertiary/aromatic N) is 2. The van der Waals surface area contributed by atoms with Crippen LogP contribution in [0.5, 0.6) is 0 Å². The average molecular weight is 227 g/mol. The second-order valence-corrected chi connectivity index (χ2v) is 4.19. The van der Waals surface area contributed by atoms with Crippen LogP contribution in [0.15, 0.2) is 12.4 Å². The van der Waals surface area contributed by atoms with Crippen LogP contribution in [0.1, 0.15) is 19.3 Å². The molecule has 1 aliphatic heterocycles. The molecule has 2 heterocycles. The Bertz CT molecular complexity index is 295. The molecule has 1 saturated heterocycles. The maximum atomic E-state index is 5.70. The van der Waals surface area contributed by atoms with Crippen LogP contribution < -0.4 is 10.6 Å². The first-order chi connectivity index (χ1) is 7.34. The molecule has 1 atom stereocenters. The van der Waals surface area contributed by atoms with Crippen molar-refractivity contribution in [1.82, 2.24) is 15.3 Å². The molecule has 2 N–H and O–H groups in total. The van der Waals surface area contributed by atoms with Crippen LogP contribution in [0, 0.1) is 0 Å². The predicted octanol–water partition coefficient (Wildman–Crippen LogP) is 1.68. The number of rotatable bonds is 3. The lowest BCUT2D eigenvalue weighted by Crippen LogP contribution is -2.39. The maximum Gasteiger partial charge on any atom is 0.222 e. The minimum atomic E-state index is 0.540. The molecular weight excluding hydrogens is 212 g/mol. The first-order valence-corrected chi connectivity index (χ1v) is 5.67. The molecule has 4 nitrogen and oxygen atoms in total. The van der Waals surface area contributed by atoms with Crippen LogP contribution in [0.25, 0.3) is 0 Å². The van der Waals surface area contributed by atoms with E-state index < -0.39 is 0 Å². The molecule has 1 fully saturated rings. The topological polar surface area (TPSA) is 49.8 Å². The Kier molecular flexibility index (Phi) is 3.75. The first kappa shape index (κ1) is 10.6. The van der Waals surface area contributed by atoms with Crippen molar-refractivity contribution in [2.45, 2.75) is 25.3 Å². The standard InChI is InChI=1S/C10H15ClN4/c11-8-5-13-10(14-6-8)15-7-9-3-1-2-4-12-9/h5-6,9,12H,1-4,7H2,(H,13,14,15)/t9-/m0/s1. The van der Waals surface area contributed by atoms with Gasteiger partial charge in [-0.1, -0.05) is 18.0 Å². The van der Waals surface area contributed by atoms with Gasteiger partial charge in [0.25, 0.3) is 0 Å². The fourth-order valence-corrected chi connectivity index (χ4v) is 1.81. The SMILES string of the molecule is Clc1cnc(NC[C@@H]2CCCCN2)nc1. The molecule has 5 heteroatoms. The second kappa shape index (κ2) is 5.28. The molecule has 0 radical (unpaired) electrons. The molecule has 0 saturated carbocycles. The normalized spacial score (nSPS) is 21.3. The Balaban J connectivity index is 1.79. The van der Waals surface area contributed by atoms with E-state index in [2.05, 4.69) is 20.6 Å². The molecule has 0 aromatic carbocycles. The van der Waals surface area contributed by atoms with Gasteiger partial charge in [-0.15, -0.1) is 0 Å². The zero-order valence-electron chi connectivity index (χ0n) is 8.54. The molecule has 0 unspecified atom stereocenters. The van der Waals surface area contributed by atoms with Crippen LogP contribution >= 0.6 is 11.6 Å². The summed E-state index contributed by atoms with van der Waals surface area (Å²) in [5.74, 6) is 0.645. The molecule has 82 valence electrons. The minimum Gasteiger partial charge on any atom is -0.353 e. The number of piperidine rings is 1. The van der Waals surface area contributed by atoms with Crippen LogP contribution in [0.2, 0.25) is 5.02 Å². The Hall–Kier alpha value is -0.870. The van der Waals surface area contributed by atoms with Crippen molar-refractivity contribution in [2.24, 2.45) is 0 Å². The molecule has 0 amide bonds. The van der Waals surface area contributed by atoms with Crippen LogP contribution in [0.3, 0.4) is 0 Å².